The molecule has 29 heavy (non-hydrogen) atoms. The van der Waals surface area contributed by atoms with Crippen LogP contribution in [0, 0.1) is 0 Å². The van der Waals surface area contributed by atoms with Crippen LogP contribution in [0.25, 0.3) is 10.9 Å². The molecule has 0 radical (unpaired) electrons. The van der Waals surface area contributed by atoms with E-state index < -0.39 is 5.54 Å². The first kappa shape index (κ1) is 18.0. The summed E-state index contributed by atoms with van der Waals surface area (Å²) in [5.41, 5.74) is 3.68. The van der Waals surface area contributed by atoms with E-state index >= 15 is 0 Å². The van der Waals surface area contributed by atoms with Crippen LogP contribution in [0.5, 0.6) is 0 Å². The minimum Gasteiger partial charge on any atom is -0.355 e. The summed E-state index contributed by atoms with van der Waals surface area (Å²) < 4.78 is 0. The smallest absolute Gasteiger partial charge is 0.264 e. The van der Waals surface area contributed by atoms with E-state index in [9.17, 15) is 9.59 Å². The molecule has 5 nitrogen and oxygen atoms in total. The Morgan fingerprint density at radius 2 is 1.86 bits per heavy atom. The van der Waals surface area contributed by atoms with E-state index in [1.807, 2.05) is 73.0 Å². The van der Waals surface area contributed by atoms with Crippen LogP contribution in [0.2, 0.25) is 0 Å². The Bertz CT molecular complexity index is 1150. The minimum atomic E-state index is -1.12. The average molecular weight is 387 g/mol. The number of nitrogens with one attached hydrogen (secondary N) is 1. The zero-order valence-electron chi connectivity index (χ0n) is 17.0. The summed E-state index contributed by atoms with van der Waals surface area (Å²) in [5.74, 6) is -0.0360. The molecule has 0 saturated carbocycles. The van der Waals surface area contributed by atoms with Crippen molar-refractivity contribution in [3.05, 3.63) is 65.4 Å². The summed E-state index contributed by atoms with van der Waals surface area (Å²) in [6.45, 7) is 6.44. The van der Waals surface area contributed by atoms with Crippen molar-refractivity contribution in [1.29, 1.82) is 0 Å². The highest BCUT2D eigenvalue weighted by atomic mass is 16.2. The number of hydrogen-bond acceptors (Lipinski definition) is 2. The second-order valence-electron chi connectivity index (χ2n) is 8.17. The highest BCUT2D eigenvalue weighted by Gasteiger charge is 2.60. The number of carbonyl (C=O) groups excluding carboxylic acids is 2. The second kappa shape index (κ2) is 6.21. The quantitative estimate of drug-likeness (QED) is 0.724. The number of H-pyrrole nitrogens is 1. The highest BCUT2D eigenvalue weighted by molar-refractivity contribution is 6.13. The van der Waals surface area contributed by atoms with Crippen molar-refractivity contribution in [2.45, 2.75) is 45.2 Å². The summed E-state index contributed by atoms with van der Waals surface area (Å²) in [5, 5.41) is 1.14. The Hall–Kier alpha value is -3.08. The van der Waals surface area contributed by atoms with Crippen LogP contribution in [-0.4, -0.2) is 34.3 Å². The third-order valence-corrected chi connectivity index (χ3v) is 6.37. The third-order valence-electron chi connectivity index (χ3n) is 6.37. The van der Waals surface area contributed by atoms with Gasteiger partial charge in [0, 0.05) is 35.5 Å². The fourth-order valence-corrected chi connectivity index (χ4v) is 5.20. The highest BCUT2D eigenvalue weighted by Crippen LogP contribution is 2.52. The van der Waals surface area contributed by atoms with Crippen molar-refractivity contribution in [2.24, 2.45) is 0 Å². The fourth-order valence-electron chi connectivity index (χ4n) is 5.20. The maximum absolute atomic E-state index is 14.2. The van der Waals surface area contributed by atoms with Crippen LogP contribution in [0.15, 0.2) is 48.5 Å². The molecule has 3 aromatic rings. The fraction of sp³-hybridized carbons (Fsp3) is 0.333. The van der Waals surface area contributed by atoms with Crippen LogP contribution < -0.4 is 4.90 Å². The molecule has 0 saturated heterocycles. The lowest BCUT2D eigenvalue weighted by atomic mass is 9.79. The Kier molecular flexibility index (Phi) is 3.85. The number of hydrogen-bond donors (Lipinski definition) is 1. The minimum absolute atomic E-state index is 0.00284. The Balaban J connectivity index is 1.89. The first-order valence-corrected chi connectivity index (χ1v) is 10.4. The molecule has 0 unspecified atom stereocenters. The number of aromatic amines is 1. The number of nitrogens with zero attached hydrogens (tertiary/aromatic N) is 2. The number of para-hydroxylation sites is 2. The lowest BCUT2D eigenvalue weighted by Crippen LogP contribution is -2.59. The van der Waals surface area contributed by atoms with Crippen molar-refractivity contribution in [3.8, 4) is 0 Å². The van der Waals surface area contributed by atoms with Crippen molar-refractivity contribution >= 4 is 28.4 Å². The van der Waals surface area contributed by atoms with Crippen LogP contribution in [0.3, 0.4) is 0 Å². The number of benzene rings is 2. The van der Waals surface area contributed by atoms with Crippen molar-refractivity contribution < 1.29 is 9.59 Å². The molecular weight excluding hydrogens is 362 g/mol. The molecule has 2 aromatic carbocycles. The van der Waals surface area contributed by atoms with Crippen LogP contribution >= 0.6 is 0 Å². The molecule has 1 N–H and O–H groups in total. The molecule has 0 fully saturated rings. The van der Waals surface area contributed by atoms with Crippen molar-refractivity contribution in [2.75, 3.05) is 11.4 Å². The predicted molar refractivity (Wildman–Crippen MR) is 114 cm³/mol. The number of rotatable bonds is 2. The third kappa shape index (κ3) is 2.16. The molecule has 5 rings (SSSR count). The molecule has 1 aromatic heterocycles. The Morgan fingerprint density at radius 1 is 1.14 bits per heavy atom. The number of aromatic nitrogens is 1. The van der Waals surface area contributed by atoms with E-state index in [-0.39, 0.29) is 17.9 Å². The van der Waals surface area contributed by atoms with E-state index in [2.05, 4.69) is 11.1 Å². The number of fused-ring (bicyclic) bond motifs is 6. The van der Waals surface area contributed by atoms with Gasteiger partial charge in [-0.3, -0.25) is 9.59 Å². The van der Waals surface area contributed by atoms with E-state index in [1.165, 1.54) is 0 Å². The first-order valence-electron chi connectivity index (χ1n) is 10.4. The summed E-state index contributed by atoms with van der Waals surface area (Å²) in [6, 6.07) is 16.1. The van der Waals surface area contributed by atoms with Gasteiger partial charge >= 0.3 is 0 Å². The number of amides is 2. The van der Waals surface area contributed by atoms with Gasteiger partial charge in [0.1, 0.15) is 0 Å². The first-order chi connectivity index (χ1) is 14.0. The molecular formula is C24H25N3O2. The zero-order chi connectivity index (χ0) is 20.3. The van der Waals surface area contributed by atoms with Crippen LogP contribution in [0.1, 0.15) is 44.0 Å². The molecule has 148 valence electrons. The molecule has 5 heteroatoms. The molecule has 0 bridgehead atoms. The average Bonchev–Trinajstić information content (AvgIpc) is 3.23. The summed E-state index contributed by atoms with van der Waals surface area (Å²) in [4.78, 5) is 34.5. The van der Waals surface area contributed by atoms with Gasteiger partial charge in [-0.1, -0.05) is 43.3 Å². The van der Waals surface area contributed by atoms with Gasteiger partial charge in [0.25, 0.3) is 5.91 Å². The van der Waals surface area contributed by atoms with E-state index in [0.29, 0.717) is 13.0 Å². The molecule has 2 aliphatic heterocycles. The maximum atomic E-state index is 14.2. The normalized spacial score (nSPS) is 20.6. The van der Waals surface area contributed by atoms with E-state index in [1.54, 1.807) is 0 Å². The van der Waals surface area contributed by atoms with Gasteiger partial charge in [-0.15, -0.1) is 0 Å². The standard InChI is InChI=1S/C24H25N3O2/c1-4-21(28)26-14-13-17-16-9-5-7-11-19(16)25-22(17)24(26)18-10-6-8-12-20(18)27(15(2)3)23(24)29/h5-12,15,25H,4,13-14H2,1-3H3/t24-/m1/s1. The van der Waals surface area contributed by atoms with Gasteiger partial charge in [0.05, 0.1) is 11.4 Å². The largest absolute Gasteiger partial charge is 0.355 e. The van der Waals surface area contributed by atoms with Gasteiger partial charge < -0.3 is 14.8 Å². The monoisotopic (exact) mass is 387 g/mol. The van der Waals surface area contributed by atoms with Gasteiger partial charge in [-0.2, -0.15) is 0 Å². The molecule has 1 spiro atoms. The van der Waals surface area contributed by atoms with Crippen LogP contribution in [-0.2, 0) is 21.5 Å². The lowest BCUT2D eigenvalue weighted by Gasteiger charge is -2.43. The van der Waals surface area contributed by atoms with Crippen molar-refractivity contribution in [3.63, 3.8) is 0 Å². The number of anilines is 1. The topological polar surface area (TPSA) is 56.4 Å². The van der Waals surface area contributed by atoms with E-state index in [4.69, 9.17) is 0 Å². The second-order valence-corrected chi connectivity index (χ2v) is 8.17. The van der Waals surface area contributed by atoms with Gasteiger partial charge in [0.15, 0.2) is 5.54 Å². The molecule has 1 atom stereocenters. The van der Waals surface area contributed by atoms with Crippen LogP contribution in [0.4, 0.5) is 5.69 Å². The SMILES string of the molecule is CCC(=O)N1CCc2c([nH]c3ccccc23)[C@]12C(=O)N(C(C)C)c1ccccc12. The lowest BCUT2D eigenvalue weighted by molar-refractivity contribution is -0.144. The molecule has 2 amide bonds. The van der Waals surface area contributed by atoms with Gasteiger partial charge in [-0.05, 0) is 38.0 Å². The summed E-state index contributed by atoms with van der Waals surface area (Å²) in [7, 11) is 0. The number of carbonyl (C=O) groups is 2. The van der Waals surface area contributed by atoms with Crippen molar-refractivity contribution in [1.82, 2.24) is 9.88 Å². The predicted octanol–water partition coefficient (Wildman–Crippen LogP) is 3.96. The maximum Gasteiger partial charge on any atom is 0.264 e. The van der Waals surface area contributed by atoms with Gasteiger partial charge in [0.2, 0.25) is 5.91 Å². The zero-order valence-corrected chi connectivity index (χ0v) is 17.0. The molecule has 2 aliphatic rings. The van der Waals surface area contributed by atoms with E-state index in [0.717, 1.165) is 39.8 Å². The van der Waals surface area contributed by atoms with Gasteiger partial charge in [-0.25, -0.2) is 0 Å². The molecule has 3 heterocycles. The molecule has 0 aliphatic carbocycles. The Labute approximate surface area is 170 Å². The Morgan fingerprint density at radius 3 is 2.62 bits per heavy atom. The summed E-state index contributed by atoms with van der Waals surface area (Å²) >= 11 is 0. The summed E-state index contributed by atoms with van der Waals surface area (Å²) in [6.07, 6.45) is 1.11.